The molecule has 4 heteroatoms. The van der Waals surface area contributed by atoms with Crippen LogP contribution in [-0.2, 0) is 17.8 Å². The third kappa shape index (κ3) is 4.48. The summed E-state index contributed by atoms with van der Waals surface area (Å²) in [5.74, 6) is 0.0781. The largest absolute Gasteiger partial charge is 0.350 e. The molecule has 1 heterocycles. The Hall–Kier alpha value is -1.68. The van der Waals surface area contributed by atoms with Crippen LogP contribution in [0.15, 0.2) is 29.6 Å². The van der Waals surface area contributed by atoms with Gasteiger partial charge >= 0.3 is 0 Å². The van der Waals surface area contributed by atoms with Crippen LogP contribution in [0.5, 0.6) is 0 Å². The van der Waals surface area contributed by atoms with E-state index in [2.05, 4.69) is 35.4 Å². The molecular weight excluding hydrogens is 256 g/mol. The first-order valence-corrected chi connectivity index (χ1v) is 7.25. The molecule has 0 unspecified atom stereocenters. The van der Waals surface area contributed by atoms with Crippen LogP contribution >= 0.6 is 11.3 Å². The summed E-state index contributed by atoms with van der Waals surface area (Å²) in [5.41, 5.74) is 3.45. The van der Waals surface area contributed by atoms with Gasteiger partial charge in [-0.2, -0.15) is 0 Å². The van der Waals surface area contributed by atoms with Crippen LogP contribution in [0.25, 0.3) is 0 Å². The van der Waals surface area contributed by atoms with Gasteiger partial charge in [-0.15, -0.1) is 11.3 Å². The molecule has 2 rings (SSSR count). The second-order valence-corrected chi connectivity index (χ2v) is 5.59. The highest BCUT2D eigenvalue weighted by Crippen LogP contribution is 2.09. The molecule has 1 amide bonds. The predicted octanol–water partition coefficient (Wildman–Crippen LogP) is 3.01. The fraction of sp³-hybridized carbons (Fsp3) is 0.333. The number of carbonyl (C=O) groups excluding carboxylic acids is 1. The van der Waals surface area contributed by atoms with E-state index in [1.54, 1.807) is 11.3 Å². The SMILES string of the molecule is Cc1cccc(CCC(=O)NCc2nc(C)cs2)c1. The maximum atomic E-state index is 11.7. The normalized spacial score (nSPS) is 10.4. The number of benzene rings is 1. The molecule has 0 aliphatic heterocycles. The maximum absolute atomic E-state index is 11.7. The van der Waals surface area contributed by atoms with Gasteiger partial charge in [0.15, 0.2) is 0 Å². The summed E-state index contributed by atoms with van der Waals surface area (Å²) in [4.78, 5) is 16.1. The van der Waals surface area contributed by atoms with Gasteiger partial charge in [0, 0.05) is 17.5 Å². The monoisotopic (exact) mass is 274 g/mol. The quantitative estimate of drug-likeness (QED) is 0.910. The molecule has 1 N–H and O–H groups in total. The molecule has 0 radical (unpaired) electrons. The van der Waals surface area contributed by atoms with Crippen LogP contribution < -0.4 is 5.32 Å². The van der Waals surface area contributed by atoms with Crippen LogP contribution in [0.4, 0.5) is 0 Å². The summed E-state index contributed by atoms with van der Waals surface area (Å²) >= 11 is 1.58. The first-order valence-electron chi connectivity index (χ1n) is 6.37. The lowest BCUT2D eigenvalue weighted by molar-refractivity contribution is -0.121. The third-order valence-corrected chi connectivity index (χ3v) is 3.79. The minimum absolute atomic E-state index is 0.0781. The molecule has 2 aromatic rings. The zero-order valence-corrected chi connectivity index (χ0v) is 12.1. The summed E-state index contributed by atoms with van der Waals surface area (Å²) in [6.07, 6.45) is 1.30. The van der Waals surface area contributed by atoms with E-state index in [-0.39, 0.29) is 5.91 Å². The van der Waals surface area contributed by atoms with Gasteiger partial charge in [0.1, 0.15) is 5.01 Å². The van der Waals surface area contributed by atoms with Gasteiger partial charge in [0.25, 0.3) is 0 Å². The van der Waals surface area contributed by atoms with Crippen molar-refractivity contribution in [3.05, 3.63) is 51.5 Å². The van der Waals surface area contributed by atoms with E-state index >= 15 is 0 Å². The Morgan fingerprint density at radius 1 is 1.37 bits per heavy atom. The Labute approximate surface area is 117 Å². The van der Waals surface area contributed by atoms with E-state index < -0.39 is 0 Å². The lowest BCUT2D eigenvalue weighted by Gasteiger charge is -2.04. The Balaban J connectivity index is 1.75. The molecule has 19 heavy (non-hydrogen) atoms. The average molecular weight is 274 g/mol. The molecule has 1 aromatic heterocycles. The highest BCUT2D eigenvalue weighted by Gasteiger charge is 2.04. The van der Waals surface area contributed by atoms with Gasteiger partial charge in [0.2, 0.25) is 5.91 Å². The van der Waals surface area contributed by atoms with E-state index in [0.29, 0.717) is 13.0 Å². The summed E-state index contributed by atoms with van der Waals surface area (Å²) in [6.45, 7) is 4.55. The molecule has 0 bridgehead atoms. The molecule has 3 nitrogen and oxygen atoms in total. The van der Waals surface area contributed by atoms with Crippen molar-refractivity contribution < 1.29 is 4.79 Å². The summed E-state index contributed by atoms with van der Waals surface area (Å²) in [7, 11) is 0. The Kier molecular flexibility index (Phi) is 4.68. The van der Waals surface area contributed by atoms with Crippen molar-refractivity contribution in [2.75, 3.05) is 0 Å². The van der Waals surface area contributed by atoms with Crippen molar-refractivity contribution in [2.45, 2.75) is 33.2 Å². The number of aromatic nitrogens is 1. The topological polar surface area (TPSA) is 42.0 Å². The maximum Gasteiger partial charge on any atom is 0.220 e. The van der Waals surface area contributed by atoms with E-state index in [4.69, 9.17) is 0 Å². The number of hydrogen-bond acceptors (Lipinski definition) is 3. The molecular formula is C15H18N2OS. The number of nitrogens with zero attached hydrogens (tertiary/aromatic N) is 1. The number of aryl methyl sites for hydroxylation is 3. The number of amides is 1. The van der Waals surface area contributed by atoms with Crippen LogP contribution in [0.2, 0.25) is 0 Å². The zero-order chi connectivity index (χ0) is 13.7. The minimum atomic E-state index is 0.0781. The Morgan fingerprint density at radius 2 is 2.21 bits per heavy atom. The number of hydrogen-bond donors (Lipinski definition) is 1. The number of nitrogens with one attached hydrogen (secondary N) is 1. The van der Waals surface area contributed by atoms with Gasteiger partial charge in [-0.3, -0.25) is 4.79 Å². The Morgan fingerprint density at radius 3 is 2.89 bits per heavy atom. The van der Waals surface area contributed by atoms with Crippen LogP contribution in [-0.4, -0.2) is 10.9 Å². The highest BCUT2D eigenvalue weighted by molar-refractivity contribution is 7.09. The van der Waals surface area contributed by atoms with Gasteiger partial charge < -0.3 is 5.32 Å². The molecule has 0 aliphatic carbocycles. The van der Waals surface area contributed by atoms with Crippen molar-refractivity contribution in [1.29, 1.82) is 0 Å². The minimum Gasteiger partial charge on any atom is -0.350 e. The van der Waals surface area contributed by atoms with E-state index in [9.17, 15) is 4.79 Å². The first-order chi connectivity index (χ1) is 9.13. The van der Waals surface area contributed by atoms with Crippen LogP contribution in [0, 0.1) is 13.8 Å². The second-order valence-electron chi connectivity index (χ2n) is 4.65. The van der Waals surface area contributed by atoms with Gasteiger partial charge in [-0.25, -0.2) is 4.98 Å². The smallest absolute Gasteiger partial charge is 0.220 e. The molecule has 0 atom stereocenters. The van der Waals surface area contributed by atoms with Crippen molar-refractivity contribution in [2.24, 2.45) is 0 Å². The number of rotatable bonds is 5. The fourth-order valence-corrected chi connectivity index (χ4v) is 2.58. The van der Waals surface area contributed by atoms with E-state index in [0.717, 1.165) is 17.1 Å². The number of carbonyl (C=O) groups is 1. The van der Waals surface area contributed by atoms with E-state index in [1.807, 2.05) is 18.4 Å². The van der Waals surface area contributed by atoms with Gasteiger partial charge in [-0.05, 0) is 25.8 Å². The van der Waals surface area contributed by atoms with E-state index in [1.165, 1.54) is 11.1 Å². The van der Waals surface area contributed by atoms with Gasteiger partial charge in [-0.1, -0.05) is 29.8 Å². The highest BCUT2D eigenvalue weighted by atomic mass is 32.1. The van der Waals surface area contributed by atoms with Crippen molar-refractivity contribution in [1.82, 2.24) is 10.3 Å². The molecule has 0 saturated carbocycles. The average Bonchev–Trinajstić information content (AvgIpc) is 2.80. The lowest BCUT2D eigenvalue weighted by Crippen LogP contribution is -2.22. The molecule has 100 valence electrons. The van der Waals surface area contributed by atoms with Crippen molar-refractivity contribution in [3.8, 4) is 0 Å². The summed E-state index contributed by atoms with van der Waals surface area (Å²) < 4.78 is 0. The molecule has 0 fully saturated rings. The van der Waals surface area contributed by atoms with Crippen molar-refractivity contribution in [3.63, 3.8) is 0 Å². The van der Waals surface area contributed by atoms with Gasteiger partial charge in [0.05, 0.1) is 6.54 Å². The number of thiazole rings is 1. The second kappa shape index (κ2) is 6.48. The lowest BCUT2D eigenvalue weighted by atomic mass is 10.1. The molecule has 0 saturated heterocycles. The third-order valence-electron chi connectivity index (χ3n) is 2.83. The van der Waals surface area contributed by atoms with Crippen LogP contribution in [0.3, 0.4) is 0 Å². The zero-order valence-electron chi connectivity index (χ0n) is 11.3. The Bertz CT molecular complexity index is 563. The summed E-state index contributed by atoms with van der Waals surface area (Å²) in [6, 6.07) is 8.28. The van der Waals surface area contributed by atoms with Crippen LogP contribution in [0.1, 0.15) is 28.2 Å². The first kappa shape index (κ1) is 13.7. The fourth-order valence-electron chi connectivity index (χ4n) is 1.87. The standard InChI is InChI=1S/C15H18N2OS/c1-11-4-3-5-13(8-11)6-7-14(18)16-9-15-17-12(2)10-19-15/h3-5,8,10H,6-7,9H2,1-2H3,(H,16,18). The molecule has 0 spiro atoms. The van der Waals surface area contributed by atoms with Crippen molar-refractivity contribution >= 4 is 17.2 Å². The predicted molar refractivity (Wildman–Crippen MR) is 78.2 cm³/mol. The molecule has 1 aromatic carbocycles. The molecule has 0 aliphatic rings. The summed E-state index contributed by atoms with van der Waals surface area (Å²) in [5, 5.41) is 5.86.